The van der Waals surface area contributed by atoms with Crippen LogP contribution in [0.5, 0.6) is 17.2 Å². The van der Waals surface area contributed by atoms with Crippen LogP contribution in [0.4, 0.5) is 0 Å². The Labute approximate surface area is 136 Å². The fraction of sp³-hybridized carbons (Fsp3) is 0.611. The van der Waals surface area contributed by atoms with Gasteiger partial charge >= 0.3 is 5.97 Å². The van der Waals surface area contributed by atoms with Crippen molar-refractivity contribution in [3.63, 3.8) is 0 Å². The second-order valence-electron chi connectivity index (χ2n) is 6.57. The van der Waals surface area contributed by atoms with Crippen LogP contribution >= 0.6 is 0 Å². The summed E-state index contributed by atoms with van der Waals surface area (Å²) in [6, 6.07) is 5.06. The van der Waals surface area contributed by atoms with Gasteiger partial charge in [-0.25, -0.2) is 0 Å². The molecular formula is C18H24O5. The number of aliphatic hydroxyl groups is 1. The number of ether oxygens (including phenoxy) is 3. The smallest absolute Gasteiger partial charge is 0.316 e. The Hall–Kier alpha value is -1.75. The maximum atomic E-state index is 12.4. The average Bonchev–Trinajstić information content (AvgIpc) is 3.01. The number of carbonyl (C=O) groups excluding carboxylic acids is 1. The Kier molecular flexibility index (Phi) is 4.76. The summed E-state index contributed by atoms with van der Waals surface area (Å²) in [5.41, 5.74) is 0. The van der Waals surface area contributed by atoms with Gasteiger partial charge in [-0.15, -0.1) is 0 Å². The Balaban J connectivity index is 1.60. The number of rotatable bonds is 4. The first kappa shape index (κ1) is 16.1. The third kappa shape index (κ3) is 3.44. The fourth-order valence-corrected chi connectivity index (χ4v) is 3.44. The molecule has 0 aromatic heterocycles. The molecule has 4 atom stereocenters. The molecule has 1 aliphatic heterocycles. The summed E-state index contributed by atoms with van der Waals surface area (Å²) in [6.45, 7) is 4.56. The molecule has 1 heterocycles. The summed E-state index contributed by atoms with van der Waals surface area (Å²) in [5, 5.41) is 10.3. The van der Waals surface area contributed by atoms with E-state index in [1.165, 1.54) is 0 Å². The predicted octanol–water partition coefficient (Wildman–Crippen LogP) is 3.14. The van der Waals surface area contributed by atoms with E-state index >= 15 is 0 Å². The predicted molar refractivity (Wildman–Crippen MR) is 84.5 cm³/mol. The highest BCUT2D eigenvalue weighted by Crippen LogP contribution is 2.37. The van der Waals surface area contributed by atoms with E-state index in [9.17, 15) is 9.90 Å². The minimum atomic E-state index is -0.621. The summed E-state index contributed by atoms with van der Waals surface area (Å²) in [7, 11) is 0. The largest absolute Gasteiger partial charge is 0.454 e. The van der Waals surface area contributed by atoms with E-state index in [0.29, 0.717) is 41.9 Å². The number of hydrogen-bond donors (Lipinski definition) is 1. The molecule has 4 unspecified atom stereocenters. The van der Waals surface area contributed by atoms with Crippen molar-refractivity contribution in [1.82, 2.24) is 0 Å². The molecule has 5 nitrogen and oxygen atoms in total. The maximum absolute atomic E-state index is 12.4. The molecule has 126 valence electrons. The summed E-state index contributed by atoms with van der Waals surface area (Å²) < 4.78 is 15.9. The maximum Gasteiger partial charge on any atom is 0.316 e. The first-order valence-electron chi connectivity index (χ1n) is 8.38. The third-order valence-corrected chi connectivity index (χ3v) is 5.17. The van der Waals surface area contributed by atoms with Gasteiger partial charge in [0.15, 0.2) is 11.5 Å². The zero-order valence-electron chi connectivity index (χ0n) is 13.7. The average molecular weight is 320 g/mol. The van der Waals surface area contributed by atoms with Gasteiger partial charge in [-0.1, -0.05) is 20.3 Å². The van der Waals surface area contributed by atoms with Gasteiger partial charge in [-0.05, 0) is 43.2 Å². The SMILES string of the molecule is CCC(C)C1CCC(C(=O)Oc2ccc3c(c2)OCO3)C(O)C1. The van der Waals surface area contributed by atoms with E-state index in [0.717, 1.165) is 12.8 Å². The standard InChI is InChI=1S/C18H24O5/c1-3-11(2)12-4-6-14(15(19)8-12)18(20)23-13-5-7-16-17(9-13)22-10-21-16/h5,7,9,11-12,14-15,19H,3-4,6,8,10H2,1-2H3. The van der Waals surface area contributed by atoms with Gasteiger partial charge in [0, 0.05) is 6.07 Å². The zero-order chi connectivity index (χ0) is 16.4. The number of fused-ring (bicyclic) bond motifs is 1. The lowest BCUT2D eigenvalue weighted by Crippen LogP contribution is -2.38. The number of carbonyl (C=O) groups is 1. The lowest BCUT2D eigenvalue weighted by molar-refractivity contribution is -0.145. The topological polar surface area (TPSA) is 65.0 Å². The molecule has 1 aromatic rings. The van der Waals surface area contributed by atoms with E-state index in [-0.39, 0.29) is 12.8 Å². The van der Waals surface area contributed by atoms with Crippen LogP contribution in [-0.4, -0.2) is 24.0 Å². The molecular weight excluding hydrogens is 296 g/mol. The van der Waals surface area contributed by atoms with Crippen molar-refractivity contribution in [2.45, 2.75) is 45.6 Å². The van der Waals surface area contributed by atoms with E-state index < -0.39 is 12.0 Å². The van der Waals surface area contributed by atoms with Crippen molar-refractivity contribution in [2.75, 3.05) is 6.79 Å². The molecule has 1 aromatic carbocycles. The van der Waals surface area contributed by atoms with E-state index in [1.54, 1.807) is 18.2 Å². The highest BCUT2D eigenvalue weighted by molar-refractivity contribution is 5.76. The highest BCUT2D eigenvalue weighted by Gasteiger charge is 2.36. The summed E-state index contributed by atoms with van der Waals surface area (Å²) in [6.07, 6.45) is 2.80. The third-order valence-electron chi connectivity index (χ3n) is 5.17. The molecule has 3 rings (SSSR count). The van der Waals surface area contributed by atoms with Gasteiger partial charge in [0.1, 0.15) is 5.75 Å². The van der Waals surface area contributed by atoms with Crippen molar-refractivity contribution in [3.05, 3.63) is 18.2 Å². The zero-order valence-corrected chi connectivity index (χ0v) is 13.7. The summed E-state index contributed by atoms with van der Waals surface area (Å²) >= 11 is 0. The number of benzene rings is 1. The van der Waals surface area contributed by atoms with Crippen molar-refractivity contribution >= 4 is 5.97 Å². The number of esters is 1. The normalized spacial score (nSPS) is 27.5. The van der Waals surface area contributed by atoms with E-state index in [1.807, 2.05) is 0 Å². The van der Waals surface area contributed by atoms with Crippen molar-refractivity contribution in [1.29, 1.82) is 0 Å². The molecule has 0 spiro atoms. The molecule has 1 aliphatic carbocycles. The number of aliphatic hydroxyl groups excluding tert-OH is 1. The molecule has 5 heteroatoms. The second kappa shape index (κ2) is 6.79. The lowest BCUT2D eigenvalue weighted by atomic mass is 9.74. The Bertz CT molecular complexity index is 571. The highest BCUT2D eigenvalue weighted by atomic mass is 16.7. The van der Waals surface area contributed by atoms with Gasteiger partial charge < -0.3 is 19.3 Å². The van der Waals surface area contributed by atoms with Crippen LogP contribution in [-0.2, 0) is 4.79 Å². The van der Waals surface area contributed by atoms with Crippen LogP contribution in [0.3, 0.4) is 0 Å². The van der Waals surface area contributed by atoms with Crippen LogP contribution in [0, 0.1) is 17.8 Å². The van der Waals surface area contributed by atoms with Crippen molar-refractivity contribution in [3.8, 4) is 17.2 Å². The van der Waals surface area contributed by atoms with Crippen LogP contribution < -0.4 is 14.2 Å². The molecule has 0 bridgehead atoms. The van der Waals surface area contributed by atoms with Gasteiger partial charge in [-0.3, -0.25) is 4.79 Å². The molecule has 2 aliphatic rings. The Morgan fingerprint density at radius 2 is 2.13 bits per heavy atom. The van der Waals surface area contributed by atoms with Crippen LogP contribution in [0.2, 0.25) is 0 Å². The van der Waals surface area contributed by atoms with Gasteiger partial charge in [0.2, 0.25) is 6.79 Å². The van der Waals surface area contributed by atoms with Crippen LogP contribution in [0.25, 0.3) is 0 Å². The van der Waals surface area contributed by atoms with E-state index in [2.05, 4.69) is 13.8 Å². The minimum absolute atomic E-state index is 0.186. The lowest BCUT2D eigenvalue weighted by Gasteiger charge is -2.34. The fourth-order valence-electron chi connectivity index (χ4n) is 3.44. The van der Waals surface area contributed by atoms with E-state index in [4.69, 9.17) is 14.2 Å². The molecule has 1 saturated carbocycles. The first-order chi connectivity index (χ1) is 11.1. The Morgan fingerprint density at radius 1 is 1.35 bits per heavy atom. The first-order valence-corrected chi connectivity index (χ1v) is 8.38. The van der Waals surface area contributed by atoms with Crippen molar-refractivity contribution in [2.24, 2.45) is 17.8 Å². The summed E-state index contributed by atoms with van der Waals surface area (Å²) in [4.78, 5) is 12.4. The van der Waals surface area contributed by atoms with Gasteiger partial charge in [-0.2, -0.15) is 0 Å². The summed E-state index contributed by atoms with van der Waals surface area (Å²) in [5.74, 6) is 1.92. The molecule has 1 N–H and O–H groups in total. The molecule has 1 fully saturated rings. The molecule has 23 heavy (non-hydrogen) atoms. The van der Waals surface area contributed by atoms with Crippen LogP contribution in [0.15, 0.2) is 18.2 Å². The minimum Gasteiger partial charge on any atom is -0.454 e. The monoisotopic (exact) mass is 320 g/mol. The second-order valence-corrected chi connectivity index (χ2v) is 6.57. The van der Waals surface area contributed by atoms with Crippen LogP contribution in [0.1, 0.15) is 39.5 Å². The molecule has 0 amide bonds. The molecule has 0 radical (unpaired) electrons. The Morgan fingerprint density at radius 3 is 2.87 bits per heavy atom. The van der Waals surface area contributed by atoms with Crippen molar-refractivity contribution < 1.29 is 24.1 Å². The molecule has 0 saturated heterocycles. The van der Waals surface area contributed by atoms with Gasteiger partial charge in [0.05, 0.1) is 12.0 Å². The quantitative estimate of drug-likeness (QED) is 0.682. The number of hydrogen-bond acceptors (Lipinski definition) is 5. The van der Waals surface area contributed by atoms with Gasteiger partial charge in [0.25, 0.3) is 0 Å².